The second kappa shape index (κ2) is 7.90. The van der Waals surface area contributed by atoms with Crippen LogP contribution >= 0.6 is 0 Å². The van der Waals surface area contributed by atoms with E-state index >= 15 is 0 Å². The Morgan fingerprint density at radius 3 is 2.25 bits per heavy atom. The molecule has 1 aromatic carbocycles. The molecule has 0 saturated heterocycles. The van der Waals surface area contributed by atoms with Gasteiger partial charge in [-0.3, -0.25) is 4.79 Å². The Bertz CT molecular complexity index is 687. The van der Waals surface area contributed by atoms with E-state index < -0.39 is 0 Å². The number of unbranched alkanes of at least 4 members (excludes halogenated alkanes) is 1. The maximum absolute atomic E-state index is 12.3. The van der Waals surface area contributed by atoms with Crippen molar-refractivity contribution >= 4 is 17.5 Å². The third-order valence-corrected chi connectivity index (χ3v) is 4.01. The second-order valence-corrected chi connectivity index (χ2v) is 6.27. The zero-order valence-electron chi connectivity index (χ0n) is 15.2. The average Bonchev–Trinajstić information content (AvgIpc) is 2.55. The molecule has 0 spiro atoms. The smallest absolute Gasteiger partial charge is 0.256 e. The number of anilines is 2. The number of amides is 1. The van der Waals surface area contributed by atoms with Crippen LogP contribution in [0.25, 0.3) is 0 Å². The van der Waals surface area contributed by atoms with Gasteiger partial charge in [0, 0.05) is 31.7 Å². The van der Waals surface area contributed by atoms with Gasteiger partial charge >= 0.3 is 0 Å². The minimum atomic E-state index is -0.0438. The molecule has 5 heteroatoms. The molecule has 1 aromatic heterocycles. The predicted octanol–water partition coefficient (Wildman–Crippen LogP) is 4.02. The molecule has 0 aliphatic rings. The highest BCUT2D eigenvalue weighted by Crippen LogP contribution is 2.24. The van der Waals surface area contributed by atoms with Crippen molar-refractivity contribution < 1.29 is 4.79 Å². The maximum atomic E-state index is 12.3. The van der Waals surface area contributed by atoms with Crippen LogP contribution in [0.4, 0.5) is 11.6 Å². The van der Waals surface area contributed by atoms with Gasteiger partial charge in [-0.1, -0.05) is 31.0 Å². The second-order valence-electron chi connectivity index (χ2n) is 6.27. The predicted molar refractivity (Wildman–Crippen MR) is 97.8 cm³/mol. The molecule has 0 atom stereocenters. The van der Waals surface area contributed by atoms with Gasteiger partial charge in [-0.05, 0) is 38.3 Å². The molecule has 0 saturated carbocycles. The molecule has 2 rings (SSSR count). The Morgan fingerprint density at radius 2 is 1.71 bits per heavy atom. The average molecular weight is 326 g/mol. The number of rotatable bonds is 6. The summed E-state index contributed by atoms with van der Waals surface area (Å²) < 4.78 is 0. The number of carbonyl (C=O) groups is 1. The zero-order chi connectivity index (χ0) is 17.7. The van der Waals surface area contributed by atoms with Crippen LogP contribution in [0.3, 0.4) is 0 Å². The first kappa shape index (κ1) is 17.9. The number of nitrogens with zero attached hydrogens (tertiary/aromatic N) is 3. The lowest BCUT2D eigenvalue weighted by Gasteiger charge is -2.16. The van der Waals surface area contributed by atoms with Crippen molar-refractivity contribution in [3.63, 3.8) is 0 Å². The first-order chi connectivity index (χ1) is 11.4. The maximum Gasteiger partial charge on any atom is 0.256 e. The molecule has 2 aromatic rings. The van der Waals surface area contributed by atoms with Crippen LogP contribution in [0.1, 0.15) is 46.8 Å². The van der Waals surface area contributed by atoms with Gasteiger partial charge in [0.15, 0.2) is 0 Å². The van der Waals surface area contributed by atoms with E-state index in [2.05, 4.69) is 55.1 Å². The Kier molecular flexibility index (Phi) is 5.90. The molecule has 1 N–H and O–H groups in total. The van der Waals surface area contributed by atoms with Crippen molar-refractivity contribution in [2.45, 2.75) is 40.5 Å². The summed E-state index contributed by atoms with van der Waals surface area (Å²) in [5.41, 5.74) is 5.05. The van der Waals surface area contributed by atoms with Crippen molar-refractivity contribution in [1.82, 2.24) is 14.9 Å². The Morgan fingerprint density at radius 1 is 1.12 bits per heavy atom. The summed E-state index contributed by atoms with van der Waals surface area (Å²) in [5.74, 6) is 0.454. The van der Waals surface area contributed by atoms with Gasteiger partial charge in [0.05, 0.1) is 5.56 Å². The van der Waals surface area contributed by atoms with Gasteiger partial charge in [0.25, 0.3) is 5.91 Å². The summed E-state index contributed by atoms with van der Waals surface area (Å²) in [5, 5.41) is 3.25. The summed E-state index contributed by atoms with van der Waals surface area (Å²) in [6.07, 6.45) is 5.22. The molecule has 24 heavy (non-hydrogen) atoms. The SMILES string of the molecule is CCCCN(C)C(=O)c1cnc(Nc2c(C)cc(C)cc2C)nc1. The van der Waals surface area contributed by atoms with E-state index in [1.165, 1.54) is 5.56 Å². The number of hydrogen-bond acceptors (Lipinski definition) is 4. The van der Waals surface area contributed by atoms with Crippen molar-refractivity contribution in [1.29, 1.82) is 0 Å². The van der Waals surface area contributed by atoms with Gasteiger partial charge in [-0.2, -0.15) is 0 Å². The Hall–Kier alpha value is -2.43. The van der Waals surface area contributed by atoms with Crippen LogP contribution in [0, 0.1) is 20.8 Å². The van der Waals surface area contributed by atoms with E-state index in [-0.39, 0.29) is 5.91 Å². The summed E-state index contributed by atoms with van der Waals surface area (Å²) in [6, 6.07) is 4.24. The molecule has 0 aliphatic heterocycles. The van der Waals surface area contributed by atoms with Gasteiger partial charge in [-0.15, -0.1) is 0 Å². The number of hydrogen-bond donors (Lipinski definition) is 1. The van der Waals surface area contributed by atoms with Crippen LogP contribution in [0.2, 0.25) is 0 Å². The normalized spacial score (nSPS) is 10.5. The van der Waals surface area contributed by atoms with Gasteiger partial charge in [0.2, 0.25) is 5.95 Å². The molecule has 0 aliphatic carbocycles. The largest absolute Gasteiger partial charge is 0.342 e. The monoisotopic (exact) mass is 326 g/mol. The van der Waals surface area contributed by atoms with Crippen molar-refractivity contribution in [2.75, 3.05) is 18.9 Å². The fourth-order valence-corrected chi connectivity index (χ4v) is 2.71. The molecule has 128 valence electrons. The summed E-state index contributed by atoms with van der Waals surface area (Å²) in [6.45, 7) is 9.05. The summed E-state index contributed by atoms with van der Waals surface area (Å²) >= 11 is 0. The molecule has 0 bridgehead atoms. The summed E-state index contributed by atoms with van der Waals surface area (Å²) in [7, 11) is 1.81. The van der Waals surface area contributed by atoms with Gasteiger partial charge in [-0.25, -0.2) is 9.97 Å². The topological polar surface area (TPSA) is 58.1 Å². The lowest BCUT2D eigenvalue weighted by molar-refractivity contribution is 0.0792. The Balaban J connectivity index is 2.11. The van der Waals surface area contributed by atoms with Crippen LogP contribution < -0.4 is 5.32 Å². The van der Waals surface area contributed by atoms with E-state index in [0.717, 1.165) is 36.2 Å². The molecular formula is C19H26N4O. The van der Waals surface area contributed by atoms with E-state index in [1.807, 2.05) is 7.05 Å². The fraction of sp³-hybridized carbons (Fsp3) is 0.421. The molecule has 0 unspecified atom stereocenters. The van der Waals surface area contributed by atoms with E-state index in [4.69, 9.17) is 0 Å². The number of benzene rings is 1. The minimum absolute atomic E-state index is 0.0438. The molecule has 1 amide bonds. The Labute approximate surface area is 144 Å². The van der Waals surface area contributed by atoms with E-state index in [0.29, 0.717) is 11.5 Å². The van der Waals surface area contributed by atoms with Crippen LogP contribution in [0.15, 0.2) is 24.5 Å². The standard InChI is InChI=1S/C19H26N4O/c1-6-7-8-23(5)18(24)16-11-20-19(21-12-16)22-17-14(3)9-13(2)10-15(17)4/h9-12H,6-8H2,1-5H3,(H,20,21,22). The van der Waals surface area contributed by atoms with Crippen LogP contribution in [0.5, 0.6) is 0 Å². The number of carbonyl (C=O) groups excluding carboxylic acids is 1. The molecule has 5 nitrogen and oxygen atoms in total. The highest BCUT2D eigenvalue weighted by molar-refractivity contribution is 5.93. The minimum Gasteiger partial charge on any atom is -0.342 e. The van der Waals surface area contributed by atoms with Crippen LogP contribution in [-0.4, -0.2) is 34.4 Å². The highest BCUT2D eigenvalue weighted by Gasteiger charge is 2.13. The van der Waals surface area contributed by atoms with E-state index in [9.17, 15) is 4.79 Å². The third kappa shape index (κ3) is 4.31. The van der Waals surface area contributed by atoms with Crippen molar-refractivity contribution in [2.24, 2.45) is 0 Å². The molecule has 0 fully saturated rings. The number of aromatic nitrogens is 2. The summed E-state index contributed by atoms with van der Waals surface area (Å²) in [4.78, 5) is 22.6. The van der Waals surface area contributed by atoms with Crippen molar-refractivity contribution in [3.05, 3.63) is 46.8 Å². The molecule has 1 heterocycles. The number of nitrogens with one attached hydrogen (secondary N) is 1. The quantitative estimate of drug-likeness (QED) is 0.871. The third-order valence-electron chi connectivity index (χ3n) is 4.01. The van der Waals surface area contributed by atoms with E-state index in [1.54, 1.807) is 17.3 Å². The highest BCUT2D eigenvalue weighted by atomic mass is 16.2. The zero-order valence-corrected chi connectivity index (χ0v) is 15.2. The van der Waals surface area contributed by atoms with Gasteiger partial charge in [0.1, 0.15) is 0 Å². The lowest BCUT2D eigenvalue weighted by Crippen LogP contribution is -2.27. The van der Waals surface area contributed by atoms with Crippen LogP contribution in [-0.2, 0) is 0 Å². The first-order valence-electron chi connectivity index (χ1n) is 8.34. The lowest BCUT2D eigenvalue weighted by atomic mass is 10.1. The van der Waals surface area contributed by atoms with Crippen molar-refractivity contribution in [3.8, 4) is 0 Å². The molecule has 0 radical (unpaired) electrons. The fourth-order valence-electron chi connectivity index (χ4n) is 2.71. The molecular weight excluding hydrogens is 300 g/mol. The number of aryl methyl sites for hydroxylation is 3. The first-order valence-corrected chi connectivity index (χ1v) is 8.34. The van der Waals surface area contributed by atoms with Gasteiger partial charge < -0.3 is 10.2 Å².